The molecular formula is C14H15BrF3NO. The van der Waals surface area contributed by atoms with Crippen molar-refractivity contribution in [3.05, 3.63) is 34.8 Å². The zero-order valence-electron chi connectivity index (χ0n) is 10.7. The minimum atomic E-state index is -4.67. The van der Waals surface area contributed by atoms with E-state index < -0.39 is 6.36 Å². The van der Waals surface area contributed by atoms with Gasteiger partial charge in [0.25, 0.3) is 0 Å². The van der Waals surface area contributed by atoms with Crippen LogP contribution in [0.5, 0.6) is 5.75 Å². The highest BCUT2D eigenvalue weighted by Gasteiger charge is 2.31. The number of nitrogens with one attached hydrogen (secondary N) is 1. The molecule has 0 aliphatic heterocycles. The largest absolute Gasteiger partial charge is 0.573 e. The molecule has 1 atom stereocenters. The average molecular weight is 350 g/mol. The Morgan fingerprint density at radius 3 is 2.70 bits per heavy atom. The van der Waals surface area contributed by atoms with Crippen LogP contribution in [0, 0.1) is 5.92 Å². The topological polar surface area (TPSA) is 21.3 Å². The number of benzene rings is 1. The predicted molar refractivity (Wildman–Crippen MR) is 75.8 cm³/mol. The zero-order chi connectivity index (χ0) is 14.6. The van der Waals surface area contributed by atoms with Gasteiger partial charge in [-0.3, -0.25) is 0 Å². The normalized spacial score (nSPS) is 18.9. The van der Waals surface area contributed by atoms with Gasteiger partial charge in [0.2, 0.25) is 0 Å². The Bertz CT molecular complexity index is 488. The van der Waals surface area contributed by atoms with Gasteiger partial charge in [-0.05, 0) is 59.3 Å². The molecule has 1 aliphatic rings. The van der Waals surface area contributed by atoms with Crippen molar-refractivity contribution in [2.24, 2.45) is 5.92 Å². The van der Waals surface area contributed by atoms with Crippen LogP contribution in [0.25, 0.3) is 0 Å². The van der Waals surface area contributed by atoms with Crippen molar-refractivity contribution < 1.29 is 17.9 Å². The Hall–Kier alpha value is -1.17. The Morgan fingerprint density at radius 1 is 1.30 bits per heavy atom. The van der Waals surface area contributed by atoms with Crippen molar-refractivity contribution in [2.75, 3.05) is 11.9 Å². The zero-order valence-corrected chi connectivity index (χ0v) is 12.3. The van der Waals surface area contributed by atoms with Gasteiger partial charge in [0.05, 0.1) is 4.47 Å². The molecule has 1 aromatic rings. The molecule has 6 heteroatoms. The van der Waals surface area contributed by atoms with Gasteiger partial charge in [-0.15, -0.1) is 13.2 Å². The average Bonchev–Trinajstić information content (AvgIpc) is 2.39. The number of alkyl halides is 3. The van der Waals surface area contributed by atoms with Crippen LogP contribution in [0.2, 0.25) is 0 Å². The smallest absolute Gasteiger partial charge is 0.405 e. The lowest BCUT2D eigenvalue weighted by Crippen LogP contribution is -2.18. The summed E-state index contributed by atoms with van der Waals surface area (Å²) in [6, 6.07) is 4.49. The molecule has 0 saturated heterocycles. The van der Waals surface area contributed by atoms with Gasteiger partial charge in [-0.25, -0.2) is 0 Å². The van der Waals surface area contributed by atoms with Crippen molar-refractivity contribution in [2.45, 2.75) is 25.6 Å². The lowest BCUT2D eigenvalue weighted by atomic mass is 9.94. The van der Waals surface area contributed by atoms with Gasteiger partial charge in [0.15, 0.2) is 0 Å². The van der Waals surface area contributed by atoms with Gasteiger partial charge < -0.3 is 10.1 Å². The molecule has 1 aromatic carbocycles. The second-order valence-electron chi connectivity index (χ2n) is 4.72. The molecule has 0 heterocycles. The highest BCUT2D eigenvalue weighted by Crippen LogP contribution is 2.32. The van der Waals surface area contributed by atoms with Crippen molar-refractivity contribution in [1.82, 2.24) is 0 Å². The standard InChI is InChI=1S/C14H15BrF3NO/c15-12-8-11(6-7-13(12)20-14(16,17)18)19-9-10-4-2-1-3-5-10/h1-2,6-8,10,19H,3-5,9H2. The Morgan fingerprint density at radius 2 is 2.10 bits per heavy atom. The molecule has 0 saturated carbocycles. The highest BCUT2D eigenvalue weighted by molar-refractivity contribution is 9.10. The number of allylic oxidation sites excluding steroid dienone is 2. The summed E-state index contributed by atoms with van der Waals surface area (Å²) in [5, 5.41) is 3.24. The first kappa shape index (κ1) is 15.2. The molecular weight excluding hydrogens is 335 g/mol. The van der Waals surface area contributed by atoms with E-state index in [0.717, 1.165) is 31.5 Å². The molecule has 20 heavy (non-hydrogen) atoms. The fourth-order valence-corrected chi connectivity index (χ4v) is 2.58. The van der Waals surface area contributed by atoms with Gasteiger partial charge >= 0.3 is 6.36 Å². The van der Waals surface area contributed by atoms with Crippen LogP contribution < -0.4 is 10.1 Å². The van der Waals surface area contributed by atoms with Crippen molar-refractivity contribution in [3.8, 4) is 5.75 Å². The molecule has 110 valence electrons. The molecule has 2 nitrogen and oxygen atoms in total. The maximum atomic E-state index is 12.1. The van der Waals surface area contributed by atoms with E-state index in [9.17, 15) is 13.2 Å². The summed E-state index contributed by atoms with van der Waals surface area (Å²) in [6.07, 6.45) is 2.95. The summed E-state index contributed by atoms with van der Waals surface area (Å²) >= 11 is 3.09. The number of halogens is 4. The summed E-state index contributed by atoms with van der Waals surface area (Å²) in [6.45, 7) is 0.816. The number of rotatable bonds is 4. The molecule has 1 aliphatic carbocycles. The Balaban J connectivity index is 1.93. The molecule has 0 amide bonds. The van der Waals surface area contributed by atoms with Crippen LogP contribution >= 0.6 is 15.9 Å². The van der Waals surface area contributed by atoms with Crippen LogP contribution in [-0.4, -0.2) is 12.9 Å². The quantitative estimate of drug-likeness (QED) is 0.762. The fraction of sp³-hybridized carbons (Fsp3) is 0.429. The lowest BCUT2D eigenvalue weighted by molar-refractivity contribution is -0.274. The van der Waals surface area contributed by atoms with Gasteiger partial charge in [-0.1, -0.05) is 12.2 Å². The van der Waals surface area contributed by atoms with Crippen molar-refractivity contribution >= 4 is 21.6 Å². The number of anilines is 1. The van der Waals surface area contributed by atoms with Crippen LogP contribution in [0.3, 0.4) is 0 Å². The molecule has 0 aromatic heterocycles. The Kier molecular flexibility index (Phi) is 4.96. The van der Waals surface area contributed by atoms with Crippen molar-refractivity contribution in [1.29, 1.82) is 0 Å². The highest BCUT2D eigenvalue weighted by atomic mass is 79.9. The lowest BCUT2D eigenvalue weighted by Gasteiger charge is -2.19. The van der Waals surface area contributed by atoms with Crippen LogP contribution in [0.15, 0.2) is 34.8 Å². The van der Waals surface area contributed by atoms with Crippen molar-refractivity contribution in [3.63, 3.8) is 0 Å². The van der Waals surface area contributed by atoms with E-state index in [1.54, 1.807) is 12.1 Å². The molecule has 2 rings (SSSR count). The van der Waals surface area contributed by atoms with Crippen LogP contribution in [-0.2, 0) is 0 Å². The van der Waals surface area contributed by atoms with E-state index in [4.69, 9.17) is 0 Å². The van der Waals surface area contributed by atoms with Gasteiger partial charge in [0, 0.05) is 12.2 Å². The van der Waals surface area contributed by atoms with E-state index in [-0.39, 0.29) is 10.2 Å². The van der Waals surface area contributed by atoms with Crippen LogP contribution in [0.1, 0.15) is 19.3 Å². The van der Waals surface area contributed by atoms with E-state index in [1.165, 1.54) is 6.07 Å². The molecule has 1 N–H and O–H groups in total. The molecule has 0 spiro atoms. The third-order valence-electron chi connectivity index (χ3n) is 3.13. The first-order chi connectivity index (χ1) is 9.44. The number of hydrogen-bond acceptors (Lipinski definition) is 2. The third-order valence-corrected chi connectivity index (χ3v) is 3.75. The fourth-order valence-electron chi connectivity index (χ4n) is 2.12. The molecule has 0 fully saturated rings. The van der Waals surface area contributed by atoms with Crippen LogP contribution in [0.4, 0.5) is 18.9 Å². The minimum absolute atomic E-state index is 0.233. The number of hydrogen-bond donors (Lipinski definition) is 1. The summed E-state index contributed by atoms with van der Waals surface area (Å²) in [4.78, 5) is 0. The molecule has 0 radical (unpaired) electrons. The third kappa shape index (κ3) is 4.74. The first-order valence-electron chi connectivity index (χ1n) is 6.38. The minimum Gasteiger partial charge on any atom is -0.405 e. The van der Waals surface area contributed by atoms with E-state index in [2.05, 4.69) is 38.1 Å². The second kappa shape index (κ2) is 6.52. The SMILES string of the molecule is FC(F)(F)Oc1ccc(NCC2CC=CCC2)cc1Br. The summed E-state index contributed by atoms with van der Waals surface area (Å²) in [5.41, 5.74) is 0.779. The Labute approximate surface area is 124 Å². The number of ether oxygens (including phenoxy) is 1. The molecule has 1 unspecified atom stereocenters. The first-order valence-corrected chi connectivity index (χ1v) is 7.17. The van der Waals surface area contributed by atoms with E-state index in [0.29, 0.717) is 5.92 Å². The maximum Gasteiger partial charge on any atom is 0.573 e. The summed E-state index contributed by atoms with van der Waals surface area (Å²) in [5.74, 6) is 0.341. The van der Waals surface area contributed by atoms with Gasteiger partial charge in [-0.2, -0.15) is 0 Å². The monoisotopic (exact) mass is 349 g/mol. The summed E-state index contributed by atoms with van der Waals surface area (Å²) in [7, 11) is 0. The van der Waals surface area contributed by atoms with Gasteiger partial charge in [0.1, 0.15) is 5.75 Å². The maximum absolute atomic E-state index is 12.1. The van der Waals surface area contributed by atoms with E-state index >= 15 is 0 Å². The summed E-state index contributed by atoms with van der Waals surface area (Å²) < 4.78 is 40.6. The molecule has 0 bridgehead atoms. The second-order valence-corrected chi connectivity index (χ2v) is 5.58. The van der Waals surface area contributed by atoms with E-state index in [1.807, 2.05) is 0 Å². The predicted octanol–water partition coefficient (Wildman–Crippen LogP) is 5.12.